The SMILES string of the molecule is COc1ccccc1CCNc1ccc([N+](=O)[O-])c(C)n1. The predicted octanol–water partition coefficient (Wildman–Crippen LogP) is 2.96. The molecule has 1 aromatic heterocycles. The molecule has 0 unspecified atom stereocenters. The Morgan fingerprint density at radius 2 is 2.05 bits per heavy atom. The van der Waals surface area contributed by atoms with Crippen molar-refractivity contribution in [2.45, 2.75) is 13.3 Å². The number of hydrogen-bond donors (Lipinski definition) is 1. The Morgan fingerprint density at radius 1 is 1.29 bits per heavy atom. The summed E-state index contributed by atoms with van der Waals surface area (Å²) in [5.74, 6) is 1.49. The van der Waals surface area contributed by atoms with Gasteiger partial charge in [-0.05, 0) is 31.0 Å². The predicted molar refractivity (Wildman–Crippen MR) is 80.8 cm³/mol. The van der Waals surface area contributed by atoms with Crippen LogP contribution < -0.4 is 10.1 Å². The van der Waals surface area contributed by atoms with Gasteiger partial charge in [-0.3, -0.25) is 10.1 Å². The van der Waals surface area contributed by atoms with E-state index in [0.717, 1.165) is 17.7 Å². The number of rotatable bonds is 6. The normalized spacial score (nSPS) is 10.2. The number of ether oxygens (including phenoxy) is 1. The minimum atomic E-state index is -0.430. The number of hydrogen-bond acceptors (Lipinski definition) is 5. The van der Waals surface area contributed by atoms with E-state index in [9.17, 15) is 10.1 Å². The average molecular weight is 287 g/mol. The molecule has 6 nitrogen and oxygen atoms in total. The van der Waals surface area contributed by atoms with Crippen LogP contribution in [0.15, 0.2) is 36.4 Å². The number of nitrogens with one attached hydrogen (secondary N) is 1. The average Bonchev–Trinajstić information content (AvgIpc) is 2.47. The van der Waals surface area contributed by atoms with Crippen molar-refractivity contribution in [2.75, 3.05) is 19.0 Å². The van der Waals surface area contributed by atoms with Crippen LogP contribution in [0.1, 0.15) is 11.3 Å². The number of pyridine rings is 1. The Labute approximate surface area is 122 Å². The molecule has 2 aromatic rings. The third-order valence-electron chi connectivity index (χ3n) is 3.15. The Morgan fingerprint density at radius 3 is 2.71 bits per heavy atom. The lowest BCUT2D eigenvalue weighted by molar-refractivity contribution is -0.385. The minimum absolute atomic E-state index is 0.0327. The van der Waals surface area contributed by atoms with Gasteiger partial charge in [-0.15, -0.1) is 0 Å². The van der Waals surface area contributed by atoms with Gasteiger partial charge in [-0.25, -0.2) is 4.98 Å². The van der Waals surface area contributed by atoms with Gasteiger partial charge >= 0.3 is 0 Å². The van der Waals surface area contributed by atoms with Gasteiger partial charge < -0.3 is 10.1 Å². The topological polar surface area (TPSA) is 77.3 Å². The summed E-state index contributed by atoms with van der Waals surface area (Å²) in [6, 6.07) is 10.9. The van der Waals surface area contributed by atoms with Crippen molar-refractivity contribution in [3.8, 4) is 5.75 Å². The van der Waals surface area contributed by atoms with Gasteiger partial charge in [0.25, 0.3) is 5.69 Å². The summed E-state index contributed by atoms with van der Waals surface area (Å²) in [6.07, 6.45) is 0.779. The number of methoxy groups -OCH3 is 1. The summed E-state index contributed by atoms with van der Waals surface area (Å²) < 4.78 is 5.29. The van der Waals surface area contributed by atoms with E-state index >= 15 is 0 Å². The fraction of sp³-hybridized carbons (Fsp3) is 0.267. The lowest BCUT2D eigenvalue weighted by atomic mass is 10.1. The molecule has 0 radical (unpaired) electrons. The van der Waals surface area contributed by atoms with Gasteiger partial charge in [0.1, 0.15) is 17.3 Å². The Balaban J connectivity index is 1.97. The van der Waals surface area contributed by atoms with Crippen molar-refractivity contribution in [2.24, 2.45) is 0 Å². The molecule has 0 fully saturated rings. The van der Waals surface area contributed by atoms with Crippen molar-refractivity contribution in [3.63, 3.8) is 0 Å². The van der Waals surface area contributed by atoms with Crippen LogP contribution in [-0.2, 0) is 6.42 Å². The number of benzene rings is 1. The number of para-hydroxylation sites is 1. The Bertz CT molecular complexity index is 644. The van der Waals surface area contributed by atoms with Crippen LogP contribution in [0.2, 0.25) is 0 Å². The van der Waals surface area contributed by atoms with E-state index in [1.807, 2.05) is 24.3 Å². The lowest BCUT2D eigenvalue weighted by Crippen LogP contribution is -2.08. The van der Waals surface area contributed by atoms with E-state index in [1.54, 1.807) is 20.1 Å². The molecule has 0 amide bonds. The maximum atomic E-state index is 10.7. The molecule has 0 aliphatic heterocycles. The molecule has 2 rings (SSSR count). The summed E-state index contributed by atoms with van der Waals surface area (Å²) in [7, 11) is 1.65. The quantitative estimate of drug-likeness (QED) is 0.653. The number of nitro groups is 1. The van der Waals surface area contributed by atoms with E-state index in [4.69, 9.17) is 4.74 Å². The fourth-order valence-corrected chi connectivity index (χ4v) is 2.08. The number of aryl methyl sites for hydroxylation is 1. The summed E-state index contributed by atoms with van der Waals surface area (Å²) in [6.45, 7) is 2.30. The van der Waals surface area contributed by atoms with Crippen LogP contribution in [0.4, 0.5) is 11.5 Å². The van der Waals surface area contributed by atoms with Crippen molar-refractivity contribution in [1.82, 2.24) is 4.98 Å². The van der Waals surface area contributed by atoms with Crippen LogP contribution in [0, 0.1) is 17.0 Å². The molecule has 21 heavy (non-hydrogen) atoms. The Hall–Kier alpha value is -2.63. The van der Waals surface area contributed by atoms with Crippen molar-refractivity contribution in [1.29, 1.82) is 0 Å². The molecule has 0 atom stereocenters. The molecule has 0 bridgehead atoms. The first kappa shape index (κ1) is 14.8. The highest BCUT2D eigenvalue weighted by atomic mass is 16.6. The fourth-order valence-electron chi connectivity index (χ4n) is 2.08. The lowest BCUT2D eigenvalue weighted by Gasteiger charge is -2.09. The maximum absolute atomic E-state index is 10.7. The van der Waals surface area contributed by atoms with Crippen molar-refractivity contribution < 1.29 is 9.66 Å². The second-order valence-electron chi connectivity index (χ2n) is 4.55. The van der Waals surface area contributed by atoms with Gasteiger partial charge in [0, 0.05) is 12.6 Å². The van der Waals surface area contributed by atoms with Crippen molar-refractivity contribution >= 4 is 11.5 Å². The highest BCUT2D eigenvalue weighted by Crippen LogP contribution is 2.19. The zero-order valence-electron chi connectivity index (χ0n) is 12.0. The third kappa shape index (κ3) is 3.68. The van der Waals surface area contributed by atoms with E-state index < -0.39 is 4.92 Å². The van der Waals surface area contributed by atoms with E-state index in [1.165, 1.54) is 6.07 Å². The zero-order chi connectivity index (χ0) is 15.2. The van der Waals surface area contributed by atoms with Crippen molar-refractivity contribution in [3.05, 3.63) is 57.8 Å². The van der Waals surface area contributed by atoms with Crippen LogP contribution in [-0.4, -0.2) is 23.6 Å². The molecule has 0 aliphatic rings. The first-order chi connectivity index (χ1) is 10.1. The number of nitrogens with zero attached hydrogens (tertiary/aromatic N) is 2. The molecular formula is C15H17N3O3. The molecule has 1 heterocycles. The van der Waals surface area contributed by atoms with E-state index in [0.29, 0.717) is 18.1 Å². The number of anilines is 1. The minimum Gasteiger partial charge on any atom is -0.496 e. The second-order valence-corrected chi connectivity index (χ2v) is 4.55. The molecule has 1 aromatic carbocycles. The molecule has 0 spiro atoms. The zero-order valence-corrected chi connectivity index (χ0v) is 12.0. The van der Waals surface area contributed by atoms with Crippen LogP contribution in [0.3, 0.4) is 0 Å². The van der Waals surface area contributed by atoms with Gasteiger partial charge in [-0.1, -0.05) is 18.2 Å². The highest BCUT2D eigenvalue weighted by Gasteiger charge is 2.11. The van der Waals surface area contributed by atoms with Gasteiger partial charge in [-0.2, -0.15) is 0 Å². The largest absolute Gasteiger partial charge is 0.496 e. The summed E-state index contributed by atoms with van der Waals surface area (Å²) >= 11 is 0. The van der Waals surface area contributed by atoms with Gasteiger partial charge in [0.2, 0.25) is 0 Å². The molecule has 0 saturated carbocycles. The summed E-state index contributed by atoms with van der Waals surface area (Å²) in [5, 5.41) is 13.9. The Kier molecular flexibility index (Phi) is 4.71. The molecular weight excluding hydrogens is 270 g/mol. The third-order valence-corrected chi connectivity index (χ3v) is 3.15. The van der Waals surface area contributed by atoms with Gasteiger partial charge in [0.05, 0.1) is 12.0 Å². The van der Waals surface area contributed by atoms with E-state index in [-0.39, 0.29) is 5.69 Å². The summed E-state index contributed by atoms with van der Waals surface area (Å²) in [4.78, 5) is 14.5. The highest BCUT2D eigenvalue weighted by molar-refractivity contribution is 5.45. The maximum Gasteiger partial charge on any atom is 0.290 e. The molecule has 0 saturated heterocycles. The second kappa shape index (κ2) is 6.69. The standard InChI is InChI=1S/C15H17N3O3/c1-11-13(18(19)20)7-8-15(17-11)16-10-9-12-5-3-4-6-14(12)21-2/h3-8H,9-10H2,1-2H3,(H,16,17). The first-order valence-electron chi connectivity index (χ1n) is 6.59. The van der Waals surface area contributed by atoms with Crippen LogP contribution in [0.25, 0.3) is 0 Å². The van der Waals surface area contributed by atoms with E-state index in [2.05, 4.69) is 10.3 Å². The molecule has 6 heteroatoms. The smallest absolute Gasteiger partial charge is 0.290 e. The molecule has 110 valence electrons. The first-order valence-corrected chi connectivity index (χ1v) is 6.59. The molecule has 1 N–H and O–H groups in total. The monoisotopic (exact) mass is 287 g/mol. The van der Waals surface area contributed by atoms with Gasteiger partial charge in [0.15, 0.2) is 0 Å². The van der Waals surface area contributed by atoms with Crippen LogP contribution in [0.5, 0.6) is 5.75 Å². The summed E-state index contributed by atoms with van der Waals surface area (Å²) in [5.41, 5.74) is 1.54. The van der Waals surface area contributed by atoms with Crippen LogP contribution >= 0.6 is 0 Å². The molecule has 0 aliphatic carbocycles. The number of aromatic nitrogens is 1.